The summed E-state index contributed by atoms with van der Waals surface area (Å²) in [5.74, 6) is -0.461. The number of nitrogens with zero attached hydrogens (tertiary/aromatic N) is 1. The zero-order valence-corrected chi connectivity index (χ0v) is 8.94. The summed E-state index contributed by atoms with van der Waals surface area (Å²) in [6.07, 6.45) is 0. The minimum absolute atomic E-state index is 0.182. The fourth-order valence-corrected chi connectivity index (χ4v) is 1.41. The SMILES string of the molecule is N#Cc1ccc(NCCN)c(F)c1Br. The summed E-state index contributed by atoms with van der Waals surface area (Å²) in [4.78, 5) is 0. The van der Waals surface area contributed by atoms with Crippen LogP contribution in [0.25, 0.3) is 0 Å². The van der Waals surface area contributed by atoms with E-state index in [1.165, 1.54) is 6.07 Å². The van der Waals surface area contributed by atoms with Gasteiger partial charge >= 0.3 is 0 Å². The highest BCUT2D eigenvalue weighted by Crippen LogP contribution is 2.26. The number of nitriles is 1. The third-order valence-electron chi connectivity index (χ3n) is 1.66. The number of hydrogen-bond donors (Lipinski definition) is 2. The second-order valence-corrected chi connectivity index (χ2v) is 3.41. The lowest BCUT2D eigenvalue weighted by molar-refractivity contribution is 0.623. The molecular formula is C9H9BrFN3. The Labute approximate surface area is 89.8 Å². The van der Waals surface area contributed by atoms with Gasteiger partial charge in [0.25, 0.3) is 0 Å². The van der Waals surface area contributed by atoms with Gasteiger partial charge in [-0.25, -0.2) is 4.39 Å². The molecule has 0 saturated carbocycles. The number of halogens is 2. The summed E-state index contributed by atoms with van der Waals surface area (Å²) >= 11 is 3.01. The van der Waals surface area contributed by atoms with Crippen LogP contribution < -0.4 is 11.1 Å². The van der Waals surface area contributed by atoms with Gasteiger partial charge in [0.05, 0.1) is 15.7 Å². The zero-order chi connectivity index (χ0) is 10.6. The molecule has 0 heterocycles. The second-order valence-electron chi connectivity index (χ2n) is 2.62. The van der Waals surface area contributed by atoms with Crippen LogP contribution in [0, 0.1) is 17.1 Å². The van der Waals surface area contributed by atoms with Crippen molar-refractivity contribution in [3.05, 3.63) is 28.0 Å². The van der Waals surface area contributed by atoms with Gasteiger partial charge < -0.3 is 11.1 Å². The Bertz CT molecular complexity index is 373. The Morgan fingerprint density at radius 1 is 1.57 bits per heavy atom. The van der Waals surface area contributed by atoms with Crippen molar-refractivity contribution < 1.29 is 4.39 Å². The zero-order valence-electron chi connectivity index (χ0n) is 7.35. The van der Waals surface area contributed by atoms with E-state index in [1.807, 2.05) is 6.07 Å². The normalized spacial score (nSPS) is 9.57. The molecule has 0 aliphatic rings. The number of nitrogens with two attached hydrogens (primary N) is 1. The fourth-order valence-electron chi connectivity index (χ4n) is 0.979. The average Bonchev–Trinajstić information content (AvgIpc) is 2.20. The topological polar surface area (TPSA) is 61.8 Å². The van der Waals surface area contributed by atoms with Crippen molar-refractivity contribution in [3.8, 4) is 6.07 Å². The van der Waals surface area contributed by atoms with E-state index in [9.17, 15) is 4.39 Å². The van der Waals surface area contributed by atoms with E-state index in [0.717, 1.165) is 0 Å². The summed E-state index contributed by atoms with van der Waals surface area (Å²) in [6.45, 7) is 0.923. The maximum absolute atomic E-state index is 13.5. The lowest BCUT2D eigenvalue weighted by Gasteiger charge is -2.07. The Morgan fingerprint density at radius 2 is 2.29 bits per heavy atom. The highest BCUT2D eigenvalue weighted by atomic mass is 79.9. The largest absolute Gasteiger partial charge is 0.381 e. The molecule has 0 atom stereocenters. The van der Waals surface area contributed by atoms with Crippen LogP contribution in [0.5, 0.6) is 0 Å². The maximum atomic E-state index is 13.5. The van der Waals surface area contributed by atoms with Crippen LogP contribution in [0.1, 0.15) is 5.56 Å². The Hall–Kier alpha value is -1.12. The van der Waals surface area contributed by atoms with Crippen LogP contribution in [-0.4, -0.2) is 13.1 Å². The number of rotatable bonds is 3. The van der Waals surface area contributed by atoms with Crippen molar-refractivity contribution in [3.63, 3.8) is 0 Å². The van der Waals surface area contributed by atoms with Gasteiger partial charge in [-0.05, 0) is 28.1 Å². The Balaban J connectivity index is 3.00. The van der Waals surface area contributed by atoms with E-state index in [0.29, 0.717) is 18.8 Å². The van der Waals surface area contributed by atoms with Crippen molar-refractivity contribution in [1.29, 1.82) is 5.26 Å². The number of nitrogens with one attached hydrogen (secondary N) is 1. The van der Waals surface area contributed by atoms with Gasteiger partial charge in [-0.15, -0.1) is 0 Å². The molecule has 5 heteroatoms. The molecule has 0 radical (unpaired) electrons. The predicted octanol–water partition coefficient (Wildman–Crippen LogP) is 1.83. The highest BCUT2D eigenvalue weighted by Gasteiger charge is 2.09. The smallest absolute Gasteiger partial charge is 0.161 e. The van der Waals surface area contributed by atoms with Crippen LogP contribution in [-0.2, 0) is 0 Å². The molecule has 0 fully saturated rings. The molecule has 0 spiro atoms. The highest BCUT2D eigenvalue weighted by molar-refractivity contribution is 9.10. The van der Waals surface area contributed by atoms with Gasteiger partial charge in [0.1, 0.15) is 6.07 Å². The van der Waals surface area contributed by atoms with E-state index in [1.54, 1.807) is 6.07 Å². The second kappa shape index (κ2) is 4.94. The van der Waals surface area contributed by atoms with Gasteiger partial charge in [-0.1, -0.05) is 0 Å². The Morgan fingerprint density at radius 3 is 2.86 bits per heavy atom. The van der Waals surface area contributed by atoms with Crippen molar-refractivity contribution in [2.75, 3.05) is 18.4 Å². The third kappa shape index (κ3) is 2.22. The van der Waals surface area contributed by atoms with E-state index < -0.39 is 5.82 Å². The van der Waals surface area contributed by atoms with E-state index in [4.69, 9.17) is 11.0 Å². The average molecular weight is 258 g/mol. The summed E-state index contributed by atoms with van der Waals surface area (Å²) in [7, 11) is 0. The van der Waals surface area contributed by atoms with Crippen molar-refractivity contribution in [1.82, 2.24) is 0 Å². The standard InChI is InChI=1S/C9H9BrFN3/c10-8-6(5-13)1-2-7(9(8)11)14-4-3-12/h1-2,14H,3-4,12H2. The predicted molar refractivity (Wildman–Crippen MR) is 56.4 cm³/mol. The maximum Gasteiger partial charge on any atom is 0.161 e. The van der Waals surface area contributed by atoms with E-state index in [2.05, 4.69) is 21.2 Å². The van der Waals surface area contributed by atoms with Crippen LogP contribution in [0.15, 0.2) is 16.6 Å². The van der Waals surface area contributed by atoms with E-state index in [-0.39, 0.29) is 10.0 Å². The molecule has 3 N–H and O–H groups in total. The molecule has 3 nitrogen and oxygen atoms in total. The van der Waals surface area contributed by atoms with Crippen LogP contribution in [0.2, 0.25) is 0 Å². The molecule has 0 unspecified atom stereocenters. The van der Waals surface area contributed by atoms with Crippen LogP contribution >= 0.6 is 15.9 Å². The van der Waals surface area contributed by atoms with E-state index >= 15 is 0 Å². The van der Waals surface area contributed by atoms with Crippen molar-refractivity contribution in [2.24, 2.45) is 5.73 Å². The minimum Gasteiger partial charge on any atom is -0.381 e. The lowest BCUT2D eigenvalue weighted by Crippen LogP contribution is -2.14. The van der Waals surface area contributed by atoms with Gasteiger partial charge in [0, 0.05) is 13.1 Å². The molecule has 1 rings (SSSR count). The summed E-state index contributed by atoms with van der Waals surface area (Å²) in [5, 5.41) is 11.4. The molecular weight excluding hydrogens is 249 g/mol. The van der Waals surface area contributed by atoms with Gasteiger partial charge in [-0.3, -0.25) is 0 Å². The lowest BCUT2D eigenvalue weighted by atomic mass is 10.2. The van der Waals surface area contributed by atoms with Crippen LogP contribution in [0.4, 0.5) is 10.1 Å². The molecule has 0 saturated heterocycles. The summed E-state index contributed by atoms with van der Waals surface area (Å²) in [5.41, 5.74) is 5.90. The minimum atomic E-state index is -0.461. The van der Waals surface area contributed by atoms with Crippen molar-refractivity contribution >= 4 is 21.6 Å². The first-order chi connectivity index (χ1) is 6.70. The third-order valence-corrected chi connectivity index (χ3v) is 2.44. The molecule has 0 bridgehead atoms. The molecule has 0 aliphatic heterocycles. The summed E-state index contributed by atoms with van der Waals surface area (Å²) < 4.78 is 13.7. The Kier molecular flexibility index (Phi) is 3.86. The monoisotopic (exact) mass is 257 g/mol. The first-order valence-electron chi connectivity index (χ1n) is 4.02. The molecule has 0 aromatic heterocycles. The molecule has 74 valence electrons. The quantitative estimate of drug-likeness (QED) is 0.869. The van der Waals surface area contributed by atoms with Crippen molar-refractivity contribution in [2.45, 2.75) is 0 Å². The summed E-state index contributed by atoms with van der Waals surface area (Å²) in [6, 6.07) is 4.95. The molecule has 0 amide bonds. The first kappa shape index (κ1) is 11.0. The number of hydrogen-bond acceptors (Lipinski definition) is 3. The van der Waals surface area contributed by atoms with Crippen LogP contribution in [0.3, 0.4) is 0 Å². The molecule has 1 aromatic carbocycles. The number of benzene rings is 1. The molecule has 1 aromatic rings. The van der Waals surface area contributed by atoms with Gasteiger partial charge in [-0.2, -0.15) is 5.26 Å². The molecule has 0 aliphatic carbocycles. The first-order valence-corrected chi connectivity index (χ1v) is 4.82. The fraction of sp³-hybridized carbons (Fsp3) is 0.222. The molecule has 14 heavy (non-hydrogen) atoms. The van der Waals surface area contributed by atoms with Gasteiger partial charge in [0.2, 0.25) is 0 Å². The number of anilines is 1. The van der Waals surface area contributed by atoms with Gasteiger partial charge in [0.15, 0.2) is 5.82 Å².